The Hall–Kier alpha value is -6.64. The molecule has 0 saturated carbocycles. The fraction of sp³-hybridized carbons (Fsp3) is 0.340. The number of hydrogen-bond donors (Lipinski definition) is 3. The molecule has 6 N–H and O–H groups in total. The van der Waals surface area contributed by atoms with Gasteiger partial charge in [0.05, 0.1) is 7.11 Å². The third-order valence-corrected chi connectivity index (χ3v) is 11.7. The van der Waals surface area contributed by atoms with E-state index >= 15 is 0 Å². The Labute approximate surface area is 372 Å². The van der Waals surface area contributed by atoms with Crippen LogP contribution in [0, 0.1) is 38.5 Å². The number of primary amides is 3. The average molecular weight is 854 g/mol. The Morgan fingerprint density at radius 1 is 0.556 bits per heavy atom. The molecule has 10 heteroatoms. The number of carbonyl (C=O) groups excluding carboxylic acids is 6. The Balaban J connectivity index is 0.000000223. The summed E-state index contributed by atoms with van der Waals surface area (Å²) in [5.41, 5.74) is 29.6. The minimum atomic E-state index is -0.312. The number of carbonyl (C=O) groups is 4. The zero-order valence-corrected chi connectivity index (χ0v) is 37.9. The molecule has 6 aliphatic rings. The van der Waals surface area contributed by atoms with Gasteiger partial charge < -0.3 is 21.9 Å². The first kappa shape index (κ1) is 50.7. The lowest BCUT2D eigenvalue weighted by Crippen LogP contribution is -2.14. The van der Waals surface area contributed by atoms with Crippen molar-refractivity contribution < 1.29 is 33.5 Å². The predicted molar refractivity (Wildman–Crippen MR) is 249 cm³/mol. The largest absolute Gasteiger partial charge is 0.471 e. The van der Waals surface area contributed by atoms with Gasteiger partial charge in [-0.2, -0.15) is 9.59 Å². The van der Waals surface area contributed by atoms with E-state index in [4.69, 9.17) is 31.6 Å². The number of fused-ring (bicyclic) bond motifs is 9. The summed E-state index contributed by atoms with van der Waals surface area (Å²) < 4.78 is 3.86. The van der Waals surface area contributed by atoms with Crippen molar-refractivity contribution in [1.82, 2.24) is 0 Å². The van der Waals surface area contributed by atoms with Gasteiger partial charge in [-0.1, -0.05) is 125 Å². The standard InChI is InChI=1S/3C15H15NO.C3H8.C2H4O2.C2H6.CO2/c3*1-9-6-7-12(15(16)17)13-8-10-4-2-3-5-11(10)14(9)13;1-3-2;1-4-2-3;1-2;2-1-3/h3*2-7,10-11H,8H2,1H3,(H2,16,17);3H2,1-2H3;2H,1H3;1-2H3;. The molecule has 0 aromatic heterocycles. The van der Waals surface area contributed by atoms with E-state index in [1.165, 1.54) is 46.9 Å². The topological polar surface area (TPSA) is 190 Å². The number of nitrogens with two attached hydrogens (primary N) is 3. The van der Waals surface area contributed by atoms with Crippen molar-refractivity contribution in [3.05, 3.63) is 176 Å². The Morgan fingerprint density at radius 2 is 0.778 bits per heavy atom. The SMILES string of the molecule is CC.CCC.COC=O.Cc1ccc(C(N)=O)c2c1C1C=CC=CC1C2.Cc1ccc(C(N)=O)c2c1C1C=CC=CC1C2.Cc1ccc(C(N)=O)c2c1C1C=CC=CC1C2.O=C=O. The van der Waals surface area contributed by atoms with E-state index in [0.717, 1.165) is 36.0 Å². The minimum Gasteiger partial charge on any atom is -0.471 e. The Kier molecular flexibility index (Phi) is 19.9. The monoisotopic (exact) mass is 853 g/mol. The highest BCUT2D eigenvalue weighted by Crippen LogP contribution is 2.46. The molecule has 10 nitrogen and oxygen atoms in total. The van der Waals surface area contributed by atoms with Crippen LogP contribution in [0.3, 0.4) is 0 Å². The number of allylic oxidation sites excluding steroid dienone is 12. The molecule has 6 atom stereocenters. The maximum Gasteiger partial charge on any atom is 0.373 e. The van der Waals surface area contributed by atoms with E-state index < -0.39 is 0 Å². The smallest absolute Gasteiger partial charge is 0.373 e. The maximum atomic E-state index is 11.5. The molecular weight excluding hydrogens is 791 g/mol. The molecule has 0 radical (unpaired) electrons. The molecule has 63 heavy (non-hydrogen) atoms. The molecular formula is C53H63N3O7. The molecule has 6 aliphatic carbocycles. The molecule has 0 spiro atoms. The summed E-state index contributed by atoms with van der Waals surface area (Å²) in [6.07, 6.45) is 30.2. The molecule has 0 heterocycles. The summed E-state index contributed by atoms with van der Waals surface area (Å²) >= 11 is 0. The first-order valence-corrected chi connectivity index (χ1v) is 21.6. The number of hydrogen-bond acceptors (Lipinski definition) is 7. The lowest BCUT2D eigenvalue weighted by Gasteiger charge is -2.17. The Morgan fingerprint density at radius 3 is 0.984 bits per heavy atom. The third-order valence-electron chi connectivity index (χ3n) is 11.7. The second kappa shape index (κ2) is 24.7. The van der Waals surface area contributed by atoms with Gasteiger partial charge in [-0.15, -0.1) is 0 Å². The van der Waals surface area contributed by atoms with Crippen molar-refractivity contribution in [2.24, 2.45) is 35.0 Å². The van der Waals surface area contributed by atoms with E-state index in [2.05, 4.69) is 112 Å². The van der Waals surface area contributed by atoms with Crippen LogP contribution in [0.4, 0.5) is 0 Å². The van der Waals surface area contributed by atoms with E-state index in [-0.39, 0.29) is 23.9 Å². The van der Waals surface area contributed by atoms with Crippen molar-refractivity contribution in [3.63, 3.8) is 0 Å². The van der Waals surface area contributed by atoms with Crippen molar-refractivity contribution in [1.29, 1.82) is 0 Å². The summed E-state index contributed by atoms with van der Waals surface area (Å²) in [6.45, 7) is 15.0. The molecule has 3 aromatic carbocycles. The maximum absolute atomic E-state index is 11.5. The van der Waals surface area contributed by atoms with E-state index in [1.54, 1.807) is 0 Å². The van der Waals surface area contributed by atoms with Gasteiger partial charge in [-0.3, -0.25) is 19.2 Å². The molecule has 6 unspecified atom stereocenters. The van der Waals surface area contributed by atoms with Crippen molar-refractivity contribution in [2.75, 3.05) is 7.11 Å². The third kappa shape index (κ3) is 12.1. The molecule has 9 rings (SSSR count). The second-order valence-corrected chi connectivity index (χ2v) is 15.7. The molecule has 0 bridgehead atoms. The van der Waals surface area contributed by atoms with Crippen LogP contribution in [0.5, 0.6) is 0 Å². The van der Waals surface area contributed by atoms with Gasteiger partial charge in [0.25, 0.3) is 6.47 Å². The average Bonchev–Trinajstić information content (AvgIpc) is 3.99. The van der Waals surface area contributed by atoms with Crippen LogP contribution in [0.15, 0.2) is 109 Å². The lowest BCUT2D eigenvalue weighted by molar-refractivity contribution is -0.191. The van der Waals surface area contributed by atoms with Gasteiger partial charge >= 0.3 is 6.15 Å². The number of ether oxygens (including phenoxy) is 1. The predicted octanol–water partition coefficient (Wildman–Crippen LogP) is 9.08. The van der Waals surface area contributed by atoms with Crippen LogP contribution in [0.25, 0.3) is 0 Å². The van der Waals surface area contributed by atoms with Gasteiger partial charge in [-0.25, -0.2) is 0 Å². The second-order valence-electron chi connectivity index (χ2n) is 15.7. The number of aryl methyl sites for hydroxylation is 3. The van der Waals surface area contributed by atoms with E-state index in [1.807, 2.05) is 50.2 Å². The normalized spacial score (nSPS) is 20.7. The molecule has 0 saturated heterocycles. The van der Waals surface area contributed by atoms with Crippen LogP contribution >= 0.6 is 0 Å². The van der Waals surface area contributed by atoms with Crippen LogP contribution in [-0.2, 0) is 38.4 Å². The van der Waals surface area contributed by atoms with Crippen LogP contribution in [0.2, 0.25) is 0 Å². The summed E-state index contributed by atoms with van der Waals surface area (Å²) in [4.78, 5) is 59.6. The van der Waals surface area contributed by atoms with Crippen molar-refractivity contribution in [3.8, 4) is 0 Å². The van der Waals surface area contributed by atoms with E-state index in [9.17, 15) is 14.4 Å². The minimum absolute atomic E-state index is 0.250. The number of benzene rings is 3. The zero-order chi connectivity index (χ0) is 46.8. The van der Waals surface area contributed by atoms with Gasteiger partial charge in [0.1, 0.15) is 0 Å². The summed E-state index contributed by atoms with van der Waals surface area (Å²) in [5.74, 6) is 1.82. The molecule has 0 aliphatic heterocycles. The first-order valence-electron chi connectivity index (χ1n) is 21.6. The number of amides is 3. The van der Waals surface area contributed by atoms with Crippen LogP contribution < -0.4 is 17.2 Å². The van der Waals surface area contributed by atoms with E-state index in [0.29, 0.717) is 58.7 Å². The van der Waals surface area contributed by atoms with Gasteiger partial charge in [0.2, 0.25) is 17.7 Å². The number of methoxy groups -OCH3 is 1. The summed E-state index contributed by atoms with van der Waals surface area (Å²) in [6, 6.07) is 11.6. The number of rotatable bonds is 4. The molecule has 3 aromatic rings. The summed E-state index contributed by atoms with van der Waals surface area (Å²) in [7, 11) is 1.31. The van der Waals surface area contributed by atoms with Crippen LogP contribution in [0.1, 0.15) is 133 Å². The Bertz CT molecular complexity index is 2100. The van der Waals surface area contributed by atoms with Crippen LogP contribution in [-0.4, -0.2) is 37.5 Å². The highest BCUT2D eigenvalue weighted by Gasteiger charge is 2.36. The van der Waals surface area contributed by atoms with Gasteiger partial charge in [0, 0.05) is 34.4 Å². The quantitative estimate of drug-likeness (QED) is 0.218. The van der Waals surface area contributed by atoms with Crippen molar-refractivity contribution >= 4 is 30.3 Å². The highest BCUT2D eigenvalue weighted by atomic mass is 16.5. The van der Waals surface area contributed by atoms with Gasteiger partial charge in [0.15, 0.2) is 0 Å². The molecule has 3 amide bonds. The van der Waals surface area contributed by atoms with Crippen molar-refractivity contribution in [2.45, 2.75) is 91.9 Å². The fourth-order valence-corrected chi connectivity index (χ4v) is 9.27. The summed E-state index contributed by atoms with van der Waals surface area (Å²) in [5, 5.41) is 0. The molecule has 0 fully saturated rings. The van der Waals surface area contributed by atoms with Gasteiger partial charge in [-0.05, 0) is 126 Å². The zero-order valence-electron chi connectivity index (χ0n) is 37.9. The lowest BCUT2D eigenvalue weighted by atomic mass is 9.87. The highest BCUT2D eigenvalue weighted by molar-refractivity contribution is 5.96. The first-order chi connectivity index (χ1) is 30.3. The fourth-order valence-electron chi connectivity index (χ4n) is 9.27. The molecule has 332 valence electrons.